The monoisotopic (exact) mass is 357 g/mol. The van der Waals surface area contributed by atoms with Gasteiger partial charge in [0.15, 0.2) is 5.13 Å². The number of nitrogens with two attached hydrogens (primary N) is 2. The van der Waals surface area contributed by atoms with Gasteiger partial charge in [0, 0.05) is 18.8 Å². The van der Waals surface area contributed by atoms with Crippen molar-refractivity contribution in [2.45, 2.75) is 0 Å². The molecule has 0 unspecified atom stereocenters. The normalized spacial score (nSPS) is 11.2. The zero-order valence-electron chi connectivity index (χ0n) is 12.6. The van der Waals surface area contributed by atoms with Crippen LogP contribution in [0.4, 0.5) is 10.9 Å². The summed E-state index contributed by atoms with van der Waals surface area (Å²) >= 11 is 7.73. The molecule has 120 valence electrons. The van der Waals surface area contributed by atoms with Gasteiger partial charge in [-0.25, -0.2) is 9.97 Å². The number of hydrogen-bond donors (Lipinski definition) is 2. The Balaban J connectivity index is 1.96. The molecule has 0 amide bonds. The van der Waals surface area contributed by atoms with Crippen LogP contribution in [0.15, 0.2) is 30.6 Å². The Morgan fingerprint density at radius 3 is 2.75 bits per heavy atom. The van der Waals surface area contributed by atoms with Crippen molar-refractivity contribution >= 4 is 44.1 Å². The van der Waals surface area contributed by atoms with Crippen molar-refractivity contribution in [3.63, 3.8) is 0 Å². The standard InChI is InChI=1S/C15H12ClN7S/c1-23-3-2-9(22-23)14-12(19-6-11(17)20-14)7-4-8(16)13-10(5-7)24-15(18)21-13/h2-6H,1H3,(H2,17,20)(H2,18,21). The second-order valence-electron chi connectivity index (χ2n) is 5.22. The van der Waals surface area contributed by atoms with Crippen molar-refractivity contribution in [1.82, 2.24) is 24.7 Å². The van der Waals surface area contributed by atoms with Crippen LogP contribution in [0.1, 0.15) is 0 Å². The van der Waals surface area contributed by atoms with Gasteiger partial charge in [0.05, 0.1) is 21.6 Å². The van der Waals surface area contributed by atoms with E-state index in [-0.39, 0.29) is 0 Å². The van der Waals surface area contributed by atoms with Gasteiger partial charge in [0.1, 0.15) is 22.7 Å². The molecule has 0 saturated heterocycles. The van der Waals surface area contributed by atoms with Crippen LogP contribution in [0.3, 0.4) is 0 Å². The van der Waals surface area contributed by atoms with E-state index in [1.54, 1.807) is 10.7 Å². The molecule has 0 spiro atoms. The lowest BCUT2D eigenvalue weighted by atomic mass is 10.1. The summed E-state index contributed by atoms with van der Waals surface area (Å²) in [5.74, 6) is 0.327. The highest BCUT2D eigenvalue weighted by Crippen LogP contribution is 2.36. The van der Waals surface area contributed by atoms with E-state index >= 15 is 0 Å². The van der Waals surface area contributed by atoms with Gasteiger partial charge in [-0.05, 0) is 18.2 Å². The smallest absolute Gasteiger partial charge is 0.181 e. The Kier molecular flexibility index (Phi) is 3.36. The van der Waals surface area contributed by atoms with Gasteiger partial charge in [-0.2, -0.15) is 5.10 Å². The second-order valence-corrected chi connectivity index (χ2v) is 6.69. The molecule has 3 heterocycles. The molecule has 0 aliphatic rings. The zero-order valence-corrected chi connectivity index (χ0v) is 14.1. The molecule has 0 fully saturated rings. The van der Waals surface area contributed by atoms with Gasteiger partial charge in [0.25, 0.3) is 0 Å². The van der Waals surface area contributed by atoms with E-state index in [1.807, 2.05) is 25.4 Å². The minimum atomic E-state index is 0.327. The van der Waals surface area contributed by atoms with Crippen molar-refractivity contribution in [2.24, 2.45) is 7.05 Å². The predicted molar refractivity (Wildman–Crippen MR) is 96.7 cm³/mol. The Labute approximate surface area is 145 Å². The first-order valence-corrected chi connectivity index (χ1v) is 8.19. The molecule has 0 saturated carbocycles. The molecule has 0 radical (unpaired) electrons. The highest BCUT2D eigenvalue weighted by Gasteiger charge is 2.16. The molecule has 3 aromatic heterocycles. The molecule has 4 rings (SSSR count). The first kappa shape index (κ1) is 14.9. The summed E-state index contributed by atoms with van der Waals surface area (Å²) in [6.45, 7) is 0. The zero-order chi connectivity index (χ0) is 16.8. The largest absolute Gasteiger partial charge is 0.382 e. The third-order valence-electron chi connectivity index (χ3n) is 3.49. The summed E-state index contributed by atoms with van der Waals surface area (Å²) in [6.07, 6.45) is 3.35. The van der Waals surface area contributed by atoms with Crippen LogP contribution >= 0.6 is 22.9 Å². The Bertz CT molecular complexity index is 1070. The minimum Gasteiger partial charge on any atom is -0.382 e. The van der Waals surface area contributed by atoms with Crippen LogP contribution in [-0.2, 0) is 7.05 Å². The number of anilines is 2. The highest BCUT2D eigenvalue weighted by molar-refractivity contribution is 7.22. The Morgan fingerprint density at radius 1 is 1.17 bits per heavy atom. The SMILES string of the molecule is Cn1ccc(-c2nc(N)cnc2-c2cc(Cl)c3nc(N)sc3c2)n1. The lowest BCUT2D eigenvalue weighted by molar-refractivity contribution is 0.770. The van der Waals surface area contributed by atoms with Gasteiger partial charge >= 0.3 is 0 Å². The molecule has 0 atom stereocenters. The highest BCUT2D eigenvalue weighted by atomic mass is 35.5. The molecule has 1 aromatic carbocycles. The topological polar surface area (TPSA) is 109 Å². The number of hydrogen-bond acceptors (Lipinski definition) is 7. The summed E-state index contributed by atoms with van der Waals surface area (Å²) < 4.78 is 2.59. The number of benzene rings is 1. The third kappa shape index (κ3) is 2.45. The molecule has 4 N–H and O–H groups in total. The van der Waals surface area contributed by atoms with Crippen LogP contribution in [0.5, 0.6) is 0 Å². The number of fused-ring (bicyclic) bond motifs is 1. The lowest BCUT2D eigenvalue weighted by Crippen LogP contribution is -1.99. The maximum absolute atomic E-state index is 6.36. The Morgan fingerprint density at radius 2 is 2.00 bits per heavy atom. The van der Waals surface area contributed by atoms with Crippen molar-refractivity contribution in [3.8, 4) is 22.6 Å². The molecule has 7 nitrogen and oxygen atoms in total. The fourth-order valence-corrected chi connectivity index (χ4v) is 3.59. The minimum absolute atomic E-state index is 0.327. The molecule has 9 heteroatoms. The first-order valence-electron chi connectivity index (χ1n) is 7.00. The van der Waals surface area contributed by atoms with Gasteiger partial charge in [-0.15, -0.1) is 0 Å². The number of thiazole rings is 1. The molecular weight excluding hydrogens is 346 g/mol. The lowest BCUT2D eigenvalue weighted by Gasteiger charge is -2.08. The van der Waals surface area contributed by atoms with E-state index in [1.165, 1.54) is 17.5 Å². The van der Waals surface area contributed by atoms with Crippen LogP contribution in [-0.4, -0.2) is 24.7 Å². The molecule has 0 aliphatic carbocycles. The molecule has 4 aromatic rings. The number of nitrogen functional groups attached to an aromatic ring is 2. The number of rotatable bonds is 2. The molecular formula is C15H12ClN7S. The third-order valence-corrected chi connectivity index (χ3v) is 4.61. The van der Waals surface area contributed by atoms with E-state index in [0.717, 1.165) is 10.3 Å². The van der Waals surface area contributed by atoms with E-state index in [2.05, 4.69) is 20.1 Å². The van der Waals surface area contributed by atoms with E-state index in [0.29, 0.717) is 38.6 Å². The average molecular weight is 358 g/mol. The number of aryl methyl sites for hydroxylation is 1. The van der Waals surface area contributed by atoms with Gasteiger partial charge in [-0.3, -0.25) is 9.67 Å². The number of halogens is 1. The summed E-state index contributed by atoms with van der Waals surface area (Å²) in [7, 11) is 1.84. The summed E-state index contributed by atoms with van der Waals surface area (Å²) in [5.41, 5.74) is 15.0. The predicted octanol–water partition coefficient (Wildman–Crippen LogP) is 2.97. The van der Waals surface area contributed by atoms with E-state index < -0.39 is 0 Å². The van der Waals surface area contributed by atoms with E-state index in [9.17, 15) is 0 Å². The summed E-state index contributed by atoms with van der Waals surface area (Å²) in [5, 5.41) is 5.38. The second kappa shape index (κ2) is 5.43. The number of aromatic nitrogens is 5. The fourth-order valence-electron chi connectivity index (χ4n) is 2.48. The van der Waals surface area contributed by atoms with Gasteiger partial charge in [0.2, 0.25) is 0 Å². The van der Waals surface area contributed by atoms with Crippen molar-refractivity contribution < 1.29 is 0 Å². The first-order chi connectivity index (χ1) is 11.5. The Hall–Kier alpha value is -2.71. The van der Waals surface area contributed by atoms with Gasteiger partial charge < -0.3 is 11.5 Å². The fraction of sp³-hybridized carbons (Fsp3) is 0.0667. The van der Waals surface area contributed by atoms with Crippen molar-refractivity contribution in [1.29, 1.82) is 0 Å². The van der Waals surface area contributed by atoms with Crippen LogP contribution in [0.25, 0.3) is 32.9 Å². The van der Waals surface area contributed by atoms with Crippen molar-refractivity contribution in [3.05, 3.63) is 35.6 Å². The summed E-state index contributed by atoms with van der Waals surface area (Å²) in [4.78, 5) is 13.1. The molecule has 0 aliphatic heterocycles. The van der Waals surface area contributed by atoms with Gasteiger partial charge in [-0.1, -0.05) is 22.9 Å². The summed E-state index contributed by atoms with van der Waals surface area (Å²) in [6, 6.07) is 5.61. The van der Waals surface area contributed by atoms with Crippen molar-refractivity contribution in [2.75, 3.05) is 11.5 Å². The molecule has 0 bridgehead atoms. The number of nitrogens with zero attached hydrogens (tertiary/aromatic N) is 5. The van der Waals surface area contributed by atoms with Crippen LogP contribution in [0.2, 0.25) is 5.02 Å². The molecule has 24 heavy (non-hydrogen) atoms. The average Bonchev–Trinajstić information content (AvgIpc) is 3.12. The van der Waals surface area contributed by atoms with Crippen LogP contribution in [0, 0.1) is 0 Å². The van der Waals surface area contributed by atoms with Crippen LogP contribution < -0.4 is 11.5 Å². The maximum Gasteiger partial charge on any atom is 0.181 e. The maximum atomic E-state index is 6.36. The van der Waals surface area contributed by atoms with E-state index in [4.69, 9.17) is 23.1 Å². The quantitative estimate of drug-likeness (QED) is 0.571.